The van der Waals surface area contributed by atoms with Crippen LogP contribution >= 0.6 is 0 Å². The highest BCUT2D eigenvalue weighted by Gasteiger charge is 2.47. The van der Waals surface area contributed by atoms with E-state index >= 15 is 0 Å². The number of likely N-dealkylation sites (N-methyl/N-ethyl adjacent to an activating group) is 1. The summed E-state index contributed by atoms with van der Waals surface area (Å²) in [7, 11) is 1.44. The smallest absolute Gasteiger partial charge is 0.252 e. The lowest BCUT2D eigenvalue weighted by atomic mass is 9.95. The fraction of sp³-hybridized carbons (Fsp3) is 0.660. The maximum Gasteiger partial charge on any atom is 0.252 e. The number of nitrogens with one attached hydrogen (secondary N) is 2. The van der Waals surface area contributed by atoms with Crippen LogP contribution in [-0.4, -0.2) is 141 Å². The molecule has 0 spiro atoms. The molecular formula is C50H78N6O11. The maximum absolute atomic E-state index is 14.2. The van der Waals surface area contributed by atoms with E-state index in [4.69, 9.17) is 20.9 Å². The van der Waals surface area contributed by atoms with Crippen LogP contribution in [0, 0.1) is 13.8 Å². The molecule has 5 amide bonds. The molecule has 2 aromatic rings. The van der Waals surface area contributed by atoms with Gasteiger partial charge in [-0.15, -0.1) is 0 Å². The van der Waals surface area contributed by atoms with Gasteiger partial charge in [-0.1, -0.05) is 95.0 Å². The van der Waals surface area contributed by atoms with E-state index in [0.29, 0.717) is 38.6 Å². The molecule has 0 bridgehead atoms. The van der Waals surface area contributed by atoms with Crippen LogP contribution in [-0.2, 0) is 46.3 Å². The van der Waals surface area contributed by atoms with Gasteiger partial charge in [0.2, 0.25) is 23.6 Å². The molecule has 9 atom stereocenters. The average molecular weight is 939 g/mol. The van der Waals surface area contributed by atoms with E-state index in [1.165, 1.54) is 55.4 Å². The number of carbonyl (C=O) groups excluding carboxylic acids is 5. The lowest BCUT2D eigenvalue weighted by molar-refractivity contribution is -0.290. The normalized spacial score (nSPS) is 21.9. The zero-order chi connectivity index (χ0) is 49.0. The van der Waals surface area contributed by atoms with Gasteiger partial charge in [-0.3, -0.25) is 24.0 Å². The van der Waals surface area contributed by atoms with Crippen LogP contribution in [0.5, 0.6) is 5.75 Å². The number of unbranched alkanes of at least 4 members (excludes halogenated alkanes) is 10. The first-order chi connectivity index (χ1) is 32.0. The minimum Gasteiger partial charge on any atom is -0.508 e. The molecule has 4 rings (SSSR count). The number of aryl methyl sites for hydroxylation is 2. The Morgan fingerprint density at radius 3 is 2.10 bits per heavy atom. The molecule has 0 unspecified atom stereocenters. The van der Waals surface area contributed by atoms with Crippen molar-refractivity contribution in [2.75, 3.05) is 26.7 Å². The SMILES string of the molecule is CCCCCCCCCCCCO[C@@H]1O[C@H](C(=O)NCCCC[C@@H](C(N)=O)N(C)C(=O)[C@H](Cc2ccccc2)NC(=O)[C@@H]2CCCN2C(=O)[C@@H](N)Cc2c(C)cc(O)cc2C)[C@@H](O)[C@H](O)[C@H]1O. The molecule has 2 heterocycles. The van der Waals surface area contributed by atoms with Gasteiger partial charge in [-0.2, -0.15) is 0 Å². The van der Waals surface area contributed by atoms with Gasteiger partial charge in [0.1, 0.15) is 42.2 Å². The van der Waals surface area contributed by atoms with Gasteiger partial charge in [-0.25, -0.2) is 0 Å². The van der Waals surface area contributed by atoms with Gasteiger partial charge in [0.05, 0.1) is 6.04 Å². The van der Waals surface area contributed by atoms with Gasteiger partial charge in [0.25, 0.3) is 5.91 Å². The Morgan fingerprint density at radius 2 is 1.48 bits per heavy atom. The lowest BCUT2D eigenvalue weighted by Crippen LogP contribution is -2.62. The third kappa shape index (κ3) is 16.5. The number of nitrogens with zero attached hydrogens (tertiary/aromatic N) is 2. The van der Waals surface area contributed by atoms with Gasteiger partial charge < -0.3 is 61.8 Å². The Bertz CT molecular complexity index is 1860. The summed E-state index contributed by atoms with van der Waals surface area (Å²) in [6.07, 6.45) is 5.66. The summed E-state index contributed by atoms with van der Waals surface area (Å²) in [5.74, 6) is -2.84. The number of aromatic hydroxyl groups is 1. The molecule has 2 aliphatic rings. The van der Waals surface area contributed by atoms with Crippen LogP contribution < -0.4 is 22.1 Å². The first-order valence-corrected chi connectivity index (χ1v) is 24.4. The van der Waals surface area contributed by atoms with Crippen LogP contribution in [0.1, 0.15) is 125 Å². The van der Waals surface area contributed by atoms with Gasteiger partial charge in [0, 0.05) is 33.2 Å². The Hall–Kier alpha value is -4.65. The van der Waals surface area contributed by atoms with Crippen molar-refractivity contribution in [3.63, 3.8) is 0 Å². The molecule has 17 nitrogen and oxygen atoms in total. The van der Waals surface area contributed by atoms with E-state index in [1.54, 1.807) is 12.1 Å². The number of phenolic OH excluding ortho intramolecular Hbond substituents is 1. The number of hydrogen-bond donors (Lipinski definition) is 8. The van der Waals surface area contributed by atoms with Crippen LogP contribution in [0.15, 0.2) is 42.5 Å². The number of primary amides is 1. The summed E-state index contributed by atoms with van der Waals surface area (Å²) < 4.78 is 11.3. The summed E-state index contributed by atoms with van der Waals surface area (Å²) in [5.41, 5.74) is 15.5. The predicted octanol–water partition coefficient (Wildman–Crippen LogP) is 2.94. The highest BCUT2D eigenvalue weighted by Crippen LogP contribution is 2.26. The van der Waals surface area contributed by atoms with Crippen molar-refractivity contribution in [3.05, 3.63) is 64.7 Å². The Morgan fingerprint density at radius 1 is 0.851 bits per heavy atom. The predicted molar refractivity (Wildman–Crippen MR) is 253 cm³/mol. The largest absolute Gasteiger partial charge is 0.508 e. The molecule has 67 heavy (non-hydrogen) atoms. The lowest BCUT2D eigenvalue weighted by Gasteiger charge is -2.39. The second-order valence-corrected chi connectivity index (χ2v) is 18.4. The number of aliphatic hydroxyl groups is 3. The zero-order valence-electron chi connectivity index (χ0n) is 40.1. The number of aliphatic hydroxyl groups excluding tert-OH is 3. The molecule has 10 N–H and O–H groups in total. The first kappa shape index (κ1) is 55.0. The fourth-order valence-corrected chi connectivity index (χ4v) is 9.13. The van der Waals surface area contributed by atoms with Crippen molar-refractivity contribution < 1.29 is 53.9 Å². The van der Waals surface area contributed by atoms with E-state index in [2.05, 4.69) is 17.6 Å². The van der Waals surface area contributed by atoms with Gasteiger partial charge >= 0.3 is 0 Å². The summed E-state index contributed by atoms with van der Waals surface area (Å²) in [6, 6.07) is 8.29. The molecule has 2 fully saturated rings. The summed E-state index contributed by atoms with van der Waals surface area (Å²) >= 11 is 0. The van der Waals surface area contributed by atoms with E-state index in [-0.39, 0.29) is 38.2 Å². The molecule has 17 heteroatoms. The Kier molecular flexibility index (Phi) is 23.0. The molecule has 2 aromatic carbocycles. The first-order valence-electron chi connectivity index (χ1n) is 24.4. The number of phenols is 1. The van der Waals surface area contributed by atoms with Crippen LogP contribution in [0.4, 0.5) is 0 Å². The topological polar surface area (TPSA) is 267 Å². The summed E-state index contributed by atoms with van der Waals surface area (Å²) in [6.45, 7) is 6.54. The number of rotatable bonds is 28. The van der Waals surface area contributed by atoms with Crippen LogP contribution in [0.2, 0.25) is 0 Å². The summed E-state index contributed by atoms with van der Waals surface area (Å²) in [4.78, 5) is 70.6. The zero-order valence-corrected chi connectivity index (χ0v) is 40.1. The highest BCUT2D eigenvalue weighted by atomic mass is 16.7. The quantitative estimate of drug-likeness (QED) is 0.0573. The average Bonchev–Trinajstić information content (AvgIpc) is 3.80. The second-order valence-electron chi connectivity index (χ2n) is 18.4. The fourth-order valence-electron chi connectivity index (χ4n) is 9.13. The molecule has 2 saturated heterocycles. The minimum absolute atomic E-state index is 0.0957. The van der Waals surface area contributed by atoms with E-state index < -0.39 is 84.4 Å². The molecule has 0 saturated carbocycles. The van der Waals surface area contributed by atoms with Crippen molar-refractivity contribution in [1.82, 2.24) is 20.4 Å². The van der Waals surface area contributed by atoms with Crippen molar-refractivity contribution in [3.8, 4) is 5.75 Å². The molecule has 2 aliphatic heterocycles. The van der Waals surface area contributed by atoms with Crippen LogP contribution in [0.3, 0.4) is 0 Å². The Balaban J connectivity index is 1.29. The second kappa shape index (κ2) is 28.0. The number of benzene rings is 2. The van der Waals surface area contributed by atoms with Crippen molar-refractivity contribution >= 4 is 29.5 Å². The summed E-state index contributed by atoms with van der Waals surface area (Å²) in [5, 5.41) is 47.1. The minimum atomic E-state index is -1.70. The van der Waals surface area contributed by atoms with E-state index in [0.717, 1.165) is 41.5 Å². The molecule has 0 aliphatic carbocycles. The molecule has 374 valence electrons. The van der Waals surface area contributed by atoms with Crippen molar-refractivity contribution in [2.45, 2.75) is 185 Å². The number of ether oxygens (including phenoxy) is 2. The third-order valence-electron chi connectivity index (χ3n) is 13.1. The van der Waals surface area contributed by atoms with Crippen molar-refractivity contribution in [1.29, 1.82) is 0 Å². The Labute approximate surface area is 396 Å². The number of amides is 5. The molecule has 0 radical (unpaired) electrons. The number of nitrogens with two attached hydrogens (primary N) is 2. The standard InChI is InChI=1S/C50H78N6O11/c1-5-6-7-8-9-10-11-12-13-19-27-66-50-43(60)41(58)42(59)44(67-50)47(63)53-25-18-17-23-39(45(52)61)55(4)49(65)38(30-34-21-15-14-16-22-34)54-46(62)40-24-20-26-56(40)48(64)37(51)31-36-32(2)28-35(57)29-33(36)3/h14-16,21-22,28-29,37-44,50,57-60H,5-13,17-20,23-27,30-31,51H2,1-4H3,(H2,52,61)(H,53,63)(H,54,62)/t37-,38-,39-,40-,41-,42-,43+,44-,50+/m0/s1. The van der Waals surface area contributed by atoms with Gasteiger partial charge in [-0.05, 0) is 93.2 Å². The van der Waals surface area contributed by atoms with E-state index in [9.17, 15) is 44.4 Å². The molecular weight excluding hydrogens is 861 g/mol. The van der Waals surface area contributed by atoms with Gasteiger partial charge in [0.15, 0.2) is 12.4 Å². The molecule has 0 aromatic heterocycles. The number of carbonyl (C=O) groups is 5. The number of likely N-dealkylation sites (tertiary alicyclic amines) is 1. The van der Waals surface area contributed by atoms with Crippen molar-refractivity contribution in [2.24, 2.45) is 11.5 Å². The highest BCUT2D eigenvalue weighted by molar-refractivity contribution is 5.95. The third-order valence-corrected chi connectivity index (χ3v) is 13.1. The number of hydrogen-bond acceptors (Lipinski definition) is 12. The van der Waals surface area contributed by atoms with Crippen LogP contribution in [0.25, 0.3) is 0 Å². The monoisotopic (exact) mass is 939 g/mol. The maximum atomic E-state index is 14.2. The van der Waals surface area contributed by atoms with E-state index in [1.807, 2.05) is 44.2 Å².